The third-order valence-electron chi connectivity index (χ3n) is 3.11. The molecule has 3 aromatic rings. The van der Waals surface area contributed by atoms with Crippen molar-refractivity contribution >= 4 is 32.9 Å². The van der Waals surface area contributed by atoms with Crippen molar-refractivity contribution in [3.8, 4) is 0 Å². The number of thiazole rings is 2. The quantitative estimate of drug-likeness (QED) is 0.778. The van der Waals surface area contributed by atoms with Crippen LogP contribution in [-0.2, 0) is 18.5 Å². The van der Waals surface area contributed by atoms with E-state index in [2.05, 4.69) is 54.7 Å². The second-order valence-electron chi connectivity index (χ2n) is 6.07. The molecule has 1 N–H and O–H groups in total. The highest BCUT2D eigenvalue weighted by Gasteiger charge is 2.17. The fraction of sp³-hybridized carbons (Fsp3) is 0.375. The van der Waals surface area contributed by atoms with E-state index in [1.807, 2.05) is 6.07 Å². The molecule has 2 aromatic heterocycles. The predicted molar refractivity (Wildman–Crippen MR) is 91.0 cm³/mol. The lowest BCUT2D eigenvalue weighted by atomic mass is 9.98. The van der Waals surface area contributed by atoms with Gasteiger partial charge >= 0.3 is 0 Å². The van der Waals surface area contributed by atoms with Crippen molar-refractivity contribution in [1.82, 2.24) is 15.3 Å². The summed E-state index contributed by atoms with van der Waals surface area (Å²) in [5, 5.41) is 7.90. The Labute approximate surface area is 133 Å². The molecule has 3 nitrogen and oxygen atoms in total. The van der Waals surface area contributed by atoms with E-state index in [0.29, 0.717) is 0 Å². The summed E-state index contributed by atoms with van der Waals surface area (Å²) in [6.07, 6.45) is 0. The Kier molecular flexibility index (Phi) is 4.06. The Balaban J connectivity index is 1.59. The lowest BCUT2D eigenvalue weighted by Crippen LogP contribution is -2.14. The number of nitrogens with one attached hydrogen (secondary N) is 1. The highest BCUT2D eigenvalue weighted by Crippen LogP contribution is 2.25. The number of hydrogen-bond acceptors (Lipinski definition) is 5. The molecule has 0 spiro atoms. The van der Waals surface area contributed by atoms with E-state index in [1.165, 1.54) is 9.71 Å². The van der Waals surface area contributed by atoms with E-state index in [9.17, 15) is 0 Å². The van der Waals surface area contributed by atoms with Gasteiger partial charge in [0.15, 0.2) is 0 Å². The van der Waals surface area contributed by atoms with Gasteiger partial charge < -0.3 is 5.32 Å². The molecule has 0 fully saturated rings. The summed E-state index contributed by atoms with van der Waals surface area (Å²) < 4.78 is 1.25. The van der Waals surface area contributed by atoms with E-state index in [1.54, 1.807) is 22.7 Å². The van der Waals surface area contributed by atoms with Crippen LogP contribution in [0.1, 0.15) is 36.5 Å². The van der Waals surface area contributed by atoms with Crippen molar-refractivity contribution in [1.29, 1.82) is 0 Å². The average molecular weight is 317 g/mol. The Morgan fingerprint density at radius 2 is 1.90 bits per heavy atom. The molecular formula is C16H19N3S2. The molecular weight excluding hydrogens is 298 g/mol. The summed E-state index contributed by atoms with van der Waals surface area (Å²) in [5.41, 5.74) is 2.34. The fourth-order valence-electron chi connectivity index (χ4n) is 2.03. The molecule has 5 heteroatoms. The zero-order chi connectivity index (χ0) is 14.9. The standard InChI is InChI=1S/C16H19N3S2/c1-16(2,3)15-18-11(10-20-15)8-17-9-14-19-12-6-4-5-7-13(12)21-14/h4-7,10,17H,8-9H2,1-3H3. The molecule has 0 atom stereocenters. The summed E-state index contributed by atoms with van der Waals surface area (Å²) in [6.45, 7) is 8.18. The number of para-hydroxylation sites is 1. The topological polar surface area (TPSA) is 37.8 Å². The Hall–Kier alpha value is -1.30. The summed E-state index contributed by atoms with van der Waals surface area (Å²) in [5.74, 6) is 0. The predicted octanol–water partition coefficient (Wildman–Crippen LogP) is 4.34. The number of fused-ring (bicyclic) bond motifs is 1. The number of rotatable bonds is 4. The Morgan fingerprint density at radius 3 is 2.62 bits per heavy atom. The van der Waals surface area contributed by atoms with Gasteiger partial charge in [-0.3, -0.25) is 0 Å². The molecule has 0 saturated carbocycles. The maximum Gasteiger partial charge on any atom is 0.108 e. The SMILES string of the molecule is CC(C)(C)c1nc(CNCc2nc3ccccc3s2)cs1. The van der Waals surface area contributed by atoms with Gasteiger partial charge in [-0.25, -0.2) is 9.97 Å². The van der Waals surface area contributed by atoms with Gasteiger partial charge in [0.05, 0.1) is 20.9 Å². The number of benzene rings is 1. The Bertz CT molecular complexity index is 704. The lowest BCUT2D eigenvalue weighted by Gasteiger charge is -2.13. The van der Waals surface area contributed by atoms with Crippen LogP contribution < -0.4 is 5.32 Å². The molecule has 0 bridgehead atoms. The third-order valence-corrected chi connectivity index (χ3v) is 5.47. The van der Waals surface area contributed by atoms with Gasteiger partial charge in [-0.15, -0.1) is 22.7 Å². The largest absolute Gasteiger partial charge is 0.305 e. The molecule has 0 aliphatic rings. The summed E-state index contributed by atoms with van der Waals surface area (Å²) >= 11 is 3.49. The summed E-state index contributed by atoms with van der Waals surface area (Å²) in [4.78, 5) is 9.32. The van der Waals surface area contributed by atoms with Crippen molar-refractivity contribution in [2.24, 2.45) is 0 Å². The van der Waals surface area contributed by atoms with Crippen LogP contribution in [0.2, 0.25) is 0 Å². The second kappa shape index (κ2) is 5.83. The number of aromatic nitrogens is 2. The van der Waals surface area contributed by atoms with Crippen LogP contribution in [0, 0.1) is 0 Å². The van der Waals surface area contributed by atoms with E-state index >= 15 is 0 Å². The van der Waals surface area contributed by atoms with E-state index < -0.39 is 0 Å². The van der Waals surface area contributed by atoms with E-state index in [0.717, 1.165) is 29.3 Å². The third kappa shape index (κ3) is 3.48. The van der Waals surface area contributed by atoms with E-state index in [4.69, 9.17) is 4.98 Å². The summed E-state index contributed by atoms with van der Waals surface area (Å²) in [7, 11) is 0. The first-order chi connectivity index (χ1) is 10.0. The molecule has 0 aliphatic heterocycles. The fourth-order valence-corrected chi connectivity index (χ4v) is 3.87. The van der Waals surface area contributed by atoms with Crippen LogP contribution in [0.3, 0.4) is 0 Å². The molecule has 110 valence electrons. The molecule has 0 saturated heterocycles. The molecule has 3 rings (SSSR count). The molecule has 0 unspecified atom stereocenters. The van der Waals surface area contributed by atoms with Crippen molar-refractivity contribution in [2.75, 3.05) is 0 Å². The van der Waals surface area contributed by atoms with Crippen molar-refractivity contribution in [3.05, 3.63) is 45.4 Å². The van der Waals surface area contributed by atoms with E-state index in [-0.39, 0.29) is 5.41 Å². The lowest BCUT2D eigenvalue weighted by molar-refractivity contribution is 0.579. The number of nitrogens with zero attached hydrogens (tertiary/aromatic N) is 2. The minimum atomic E-state index is 0.135. The molecule has 0 aliphatic carbocycles. The van der Waals surface area contributed by atoms with Gasteiger partial charge in [0.1, 0.15) is 5.01 Å². The van der Waals surface area contributed by atoms with Gasteiger partial charge in [0.25, 0.3) is 0 Å². The average Bonchev–Trinajstić information content (AvgIpc) is 3.03. The van der Waals surface area contributed by atoms with Crippen LogP contribution in [0.4, 0.5) is 0 Å². The minimum absolute atomic E-state index is 0.135. The first-order valence-corrected chi connectivity index (χ1v) is 8.72. The molecule has 21 heavy (non-hydrogen) atoms. The van der Waals surface area contributed by atoms with Crippen LogP contribution >= 0.6 is 22.7 Å². The van der Waals surface area contributed by atoms with Crippen molar-refractivity contribution < 1.29 is 0 Å². The smallest absolute Gasteiger partial charge is 0.108 e. The Morgan fingerprint density at radius 1 is 1.10 bits per heavy atom. The maximum absolute atomic E-state index is 4.69. The van der Waals surface area contributed by atoms with Gasteiger partial charge in [-0.2, -0.15) is 0 Å². The highest BCUT2D eigenvalue weighted by molar-refractivity contribution is 7.18. The molecule has 1 aromatic carbocycles. The molecule has 2 heterocycles. The normalized spacial score (nSPS) is 12.1. The van der Waals surface area contributed by atoms with Crippen LogP contribution in [0.15, 0.2) is 29.6 Å². The van der Waals surface area contributed by atoms with Gasteiger partial charge in [0.2, 0.25) is 0 Å². The molecule has 0 amide bonds. The maximum atomic E-state index is 4.69. The van der Waals surface area contributed by atoms with Gasteiger partial charge in [0, 0.05) is 23.9 Å². The minimum Gasteiger partial charge on any atom is -0.305 e. The zero-order valence-corrected chi connectivity index (χ0v) is 14.1. The summed E-state index contributed by atoms with van der Waals surface area (Å²) in [6, 6.07) is 8.27. The van der Waals surface area contributed by atoms with Crippen molar-refractivity contribution in [2.45, 2.75) is 39.3 Å². The first-order valence-electron chi connectivity index (χ1n) is 7.02. The van der Waals surface area contributed by atoms with Crippen LogP contribution in [0.5, 0.6) is 0 Å². The van der Waals surface area contributed by atoms with Crippen LogP contribution in [-0.4, -0.2) is 9.97 Å². The highest BCUT2D eigenvalue weighted by atomic mass is 32.1. The van der Waals surface area contributed by atoms with Crippen LogP contribution in [0.25, 0.3) is 10.2 Å². The van der Waals surface area contributed by atoms with Crippen molar-refractivity contribution in [3.63, 3.8) is 0 Å². The first kappa shape index (κ1) is 14.6. The number of hydrogen-bond donors (Lipinski definition) is 1. The van der Waals surface area contributed by atoms with Gasteiger partial charge in [-0.1, -0.05) is 32.9 Å². The second-order valence-corrected chi connectivity index (χ2v) is 8.05. The van der Waals surface area contributed by atoms with Gasteiger partial charge in [-0.05, 0) is 12.1 Å². The monoisotopic (exact) mass is 317 g/mol. The zero-order valence-electron chi connectivity index (χ0n) is 12.5. The molecule has 0 radical (unpaired) electrons.